The largest absolute Gasteiger partial charge is 0.465 e. The maximum atomic E-state index is 5.70. The molecule has 3 heteroatoms. The van der Waals surface area contributed by atoms with Gasteiger partial charge in [-0.3, -0.25) is 4.90 Å². The zero-order valence-corrected chi connectivity index (χ0v) is 14.0. The molecule has 120 valence electrons. The zero-order valence-electron chi connectivity index (χ0n) is 14.0. The molecule has 0 aromatic carbocycles. The normalized spacial score (nSPS) is 23.4. The van der Waals surface area contributed by atoms with E-state index in [1.807, 2.05) is 6.92 Å². The van der Waals surface area contributed by atoms with Gasteiger partial charge >= 0.3 is 0 Å². The van der Waals surface area contributed by atoms with E-state index < -0.39 is 0 Å². The van der Waals surface area contributed by atoms with Crippen LogP contribution in [0.3, 0.4) is 0 Å². The van der Waals surface area contributed by atoms with Gasteiger partial charge in [0.15, 0.2) is 0 Å². The van der Waals surface area contributed by atoms with Crippen LogP contribution in [0.1, 0.15) is 57.0 Å². The van der Waals surface area contributed by atoms with E-state index in [1.165, 1.54) is 45.1 Å². The van der Waals surface area contributed by atoms with Crippen molar-refractivity contribution in [2.45, 2.75) is 65.0 Å². The molecule has 1 aliphatic carbocycles. The molecular weight excluding hydrogens is 260 g/mol. The fourth-order valence-corrected chi connectivity index (χ4v) is 3.50. The lowest BCUT2D eigenvalue weighted by atomic mass is 9.94. The molecule has 1 aromatic rings. The van der Waals surface area contributed by atoms with Crippen molar-refractivity contribution in [2.75, 3.05) is 20.1 Å². The summed E-state index contributed by atoms with van der Waals surface area (Å²) in [5.41, 5.74) is 0. The second kappa shape index (κ2) is 8.60. The smallest absolute Gasteiger partial charge is 0.118 e. The highest BCUT2D eigenvalue weighted by Gasteiger charge is 2.24. The molecule has 0 bridgehead atoms. The Morgan fingerprint density at radius 3 is 2.76 bits per heavy atom. The summed E-state index contributed by atoms with van der Waals surface area (Å²) >= 11 is 0. The number of hydrogen-bond acceptors (Lipinski definition) is 3. The monoisotopic (exact) mass is 292 g/mol. The molecule has 1 aliphatic rings. The number of nitrogens with one attached hydrogen (secondary N) is 1. The average Bonchev–Trinajstić information content (AvgIpc) is 2.73. The molecule has 1 aromatic heterocycles. The summed E-state index contributed by atoms with van der Waals surface area (Å²) in [6.07, 6.45) is 8.12. The fraction of sp³-hybridized carbons (Fsp3) is 0.778. The van der Waals surface area contributed by atoms with E-state index in [1.54, 1.807) is 0 Å². The van der Waals surface area contributed by atoms with E-state index in [0.29, 0.717) is 6.04 Å². The van der Waals surface area contributed by atoms with Gasteiger partial charge in [0.2, 0.25) is 0 Å². The maximum absolute atomic E-state index is 5.70. The number of hydrogen-bond donors (Lipinski definition) is 1. The Bertz CT molecular complexity index is 402. The molecule has 0 spiro atoms. The van der Waals surface area contributed by atoms with Crippen LogP contribution in [0.4, 0.5) is 0 Å². The summed E-state index contributed by atoms with van der Waals surface area (Å²) in [6.45, 7) is 7.51. The first-order valence-corrected chi connectivity index (χ1v) is 8.66. The fourth-order valence-electron chi connectivity index (χ4n) is 3.50. The topological polar surface area (TPSA) is 28.4 Å². The van der Waals surface area contributed by atoms with Crippen molar-refractivity contribution < 1.29 is 4.42 Å². The first-order valence-electron chi connectivity index (χ1n) is 8.66. The van der Waals surface area contributed by atoms with Gasteiger partial charge < -0.3 is 9.73 Å². The average molecular weight is 292 g/mol. The first-order chi connectivity index (χ1) is 10.2. The molecule has 3 nitrogen and oxygen atoms in total. The second-order valence-corrected chi connectivity index (χ2v) is 6.67. The maximum Gasteiger partial charge on any atom is 0.118 e. The van der Waals surface area contributed by atoms with Crippen molar-refractivity contribution in [3.05, 3.63) is 23.7 Å². The van der Waals surface area contributed by atoms with E-state index in [2.05, 4.69) is 36.3 Å². The first kappa shape index (κ1) is 16.6. The van der Waals surface area contributed by atoms with E-state index in [-0.39, 0.29) is 0 Å². The van der Waals surface area contributed by atoms with Gasteiger partial charge in [0.05, 0.1) is 6.54 Å². The lowest BCUT2D eigenvalue weighted by Gasteiger charge is -2.30. The van der Waals surface area contributed by atoms with Crippen molar-refractivity contribution >= 4 is 0 Å². The van der Waals surface area contributed by atoms with Crippen LogP contribution in [-0.2, 0) is 6.54 Å². The van der Waals surface area contributed by atoms with Crippen molar-refractivity contribution in [1.29, 1.82) is 0 Å². The molecule has 0 radical (unpaired) electrons. The third-order valence-electron chi connectivity index (χ3n) is 4.58. The highest BCUT2D eigenvalue weighted by Crippen LogP contribution is 2.25. The Labute approximate surface area is 130 Å². The quantitative estimate of drug-likeness (QED) is 0.771. The minimum absolute atomic E-state index is 0.702. The van der Waals surface area contributed by atoms with Crippen molar-refractivity contribution in [1.82, 2.24) is 10.2 Å². The molecule has 2 unspecified atom stereocenters. The Morgan fingerprint density at radius 1 is 1.24 bits per heavy atom. The number of rotatable bonds is 7. The van der Waals surface area contributed by atoms with Crippen LogP contribution >= 0.6 is 0 Å². The summed E-state index contributed by atoms with van der Waals surface area (Å²) in [5, 5.41) is 3.78. The molecule has 1 N–H and O–H groups in total. The zero-order chi connectivity index (χ0) is 15.1. The molecule has 2 atom stereocenters. The predicted molar refractivity (Wildman–Crippen MR) is 88.4 cm³/mol. The van der Waals surface area contributed by atoms with E-state index in [0.717, 1.165) is 30.5 Å². The molecule has 2 rings (SSSR count). The molecule has 0 amide bonds. The Morgan fingerprint density at radius 2 is 2.05 bits per heavy atom. The minimum atomic E-state index is 0.702. The van der Waals surface area contributed by atoms with Gasteiger partial charge in [-0.1, -0.05) is 26.2 Å². The van der Waals surface area contributed by atoms with Crippen LogP contribution in [0.25, 0.3) is 0 Å². The molecule has 21 heavy (non-hydrogen) atoms. The van der Waals surface area contributed by atoms with Crippen LogP contribution in [0.5, 0.6) is 0 Å². The van der Waals surface area contributed by atoms with Crippen LogP contribution in [0.15, 0.2) is 16.5 Å². The van der Waals surface area contributed by atoms with Gasteiger partial charge in [-0.2, -0.15) is 0 Å². The molecule has 0 saturated heterocycles. The Kier molecular flexibility index (Phi) is 6.78. The summed E-state index contributed by atoms with van der Waals surface area (Å²) in [7, 11) is 2.22. The number of nitrogens with zero attached hydrogens (tertiary/aromatic N) is 1. The summed E-state index contributed by atoms with van der Waals surface area (Å²) in [5.74, 6) is 2.87. The van der Waals surface area contributed by atoms with Crippen LogP contribution in [-0.4, -0.2) is 31.1 Å². The Hall–Kier alpha value is -0.800. The van der Waals surface area contributed by atoms with Gasteiger partial charge in [0, 0.05) is 12.6 Å². The van der Waals surface area contributed by atoms with Crippen LogP contribution < -0.4 is 5.32 Å². The van der Waals surface area contributed by atoms with Crippen molar-refractivity contribution in [2.24, 2.45) is 5.92 Å². The van der Waals surface area contributed by atoms with Crippen LogP contribution in [0.2, 0.25) is 0 Å². The molecule has 1 heterocycles. The van der Waals surface area contributed by atoms with Gasteiger partial charge in [-0.05, 0) is 57.8 Å². The van der Waals surface area contributed by atoms with E-state index >= 15 is 0 Å². The van der Waals surface area contributed by atoms with Gasteiger partial charge in [0.1, 0.15) is 11.5 Å². The van der Waals surface area contributed by atoms with E-state index in [9.17, 15) is 0 Å². The highest BCUT2D eigenvalue weighted by molar-refractivity contribution is 5.05. The van der Waals surface area contributed by atoms with Gasteiger partial charge in [-0.15, -0.1) is 0 Å². The van der Waals surface area contributed by atoms with Crippen molar-refractivity contribution in [3.63, 3.8) is 0 Å². The highest BCUT2D eigenvalue weighted by atomic mass is 16.3. The summed E-state index contributed by atoms with van der Waals surface area (Å²) < 4.78 is 5.70. The standard InChI is InChI=1S/C18H32N2O/c1-4-12-19-18-9-7-5-6-8-16(18)13-20(3)14-17-11-10-15(2)21-17/h10-11,16,18-19H,4-9,12-14H2,1-3H3. The summed E-state index contributed by atoms with van der Waals surface area (Å²) in [4.78, 5) is 2.43. The van der Waals surface area contributed by atoms with E-state index in [4.69, 9.17) is 4.42 Å². The predicted octanol–water partition coefficient (Wildman–Crippen LogP) is 3.97. The molecule has 1 saturated carbocycles. The van der Waals surface area contributed by atoms with Crippen molar-refractivity contribution in [3.8, 4) is 0 Å². The van der Waals surface area contributed by atoms with Crippen LogP contribution in [0, 0.1) is 12.8 Å². The van der Waals surface area contributed by atoms with Gasteiger partial charge in [-0.25, -0.2) is 0 Å². The number of furan rings is 1. The SMILES string of the molecule is CCCNC1CCCCCC1CN(C)Cc1ccc(C)o1. The molecular formula is C18H32N2O. The van der Waals surface area contributed by atoms with Gasteiger partial charge in [0.25, 0.3) is 0 Å². The molecule has 0 aliphatic heterocycles. The number of aryl methyl sites for hydroxylation is 1. The molecule has 1 fully saturated rings. The third-order valence-corrected chi connectivity index (χ3v) is 4.58. The second-order valence-electron chi connectivity index (χ2n) is 6.67. The lowest BCUT2D eigenvalue weighted by molar-refractivity contribution is 0.207. The Balaban J connectivity index is 1.87. The third kappa shape index (κ3) is 5.48. The lowest BCUT2D eigenvalue weighted by Crippen LogP contribution is -2.41. The summed E-state index contributed by atoms with van der Waals surface area (Å²) in [6, 6.07) is 4.86. The minimum Gasteiger partial charge on any atom is -0.465 e.